The van der Waals surface area contributed by atoms with Crippen LogP contribution in [0, 0.1) is 0 Å². The van der Waals surface area contributed by atoms with Crippen molar-refractivity contribution >= 4 is 17.0 Å². The van der Waals surface area contributed by atoms with Gasteiger partial charge in [-0.2, -0.15) is 0 Å². The molecule has 0 saturated carbocycles. The van der Waals surface area contributed by atoms with Crippen LogP contribution in [0.4, 0.5) is 5.95 Å². The van der Waals surface area contributed by atoms with E-state index in [1.165, 1.54) is 0 Å². The van der Waals surface area contributed by atoms with Crippen LogP contribution in [0.3, 0.4) is 0 Å². The summed E-state index contributed by atoms with van der Waals surface area (Å²) in [5.41, 5.74) is 1.68. The molecule has 0 bridgehead atoms. The first-order valence-electron chi connectivity index (χ1n) is 5.85. The molecule has 0 radical (unpaired) electrons. The zero-order valence-electron chi connectivity index (χ0n) is 9.45. The summed E-state index contributed by atoms with van der Waals surface area (Å²) in [5.74, 6) is 0.663. The van der Waals surface area contributed by atoms with Gasteiger partial charge in [-0.15, -0.1) is 10.2 Å². The zero-order valence-corrected chi connectivity index (χ0v) is 9.45. The minimum atomic E-state index is -0.181. The Labute approximate surface area is 99.1 Å². The van der Waals surface area contributed by atoms with E-state index in [1.54, 1.807) is 0 Å². The van der Waals surface area contributed by atoms with Crippen molar-refractivity contribution in [3.8, 4) is 0 Å². The van der Waals surface area contributed by atoms with Gasteiger partial charge >= 0.3 is 0 Å². The molecule has 5 nitrogen and oxygen atoms in total. The van der Waals surface area contributed by atoms with Gasteiger partial charge in [0.25, 0.3) is 0 Å². The van der Waals surface area contributed by atoms with Crippen LogP contribution in [0.5, 0.6) is 0 Å². The molecule has 0 spiro atoms. The second-order valence-electron chi connectivity index (χ2n) is 4.32. The van der Waals surface area contributed by atoms with Crippen LogP contribution < -0.4 is 4.90 Å². The first-order chi connectivity index (χ1) is 8.33. The molecule has 0 aliphatic carbocycles. The fourth-order valence-corrected chi connectivity index (χ4v) is 2.07. The molecule has 1 saturated heterocycles. The van der Waals surface area contributed by atoms with Crippen LogP contribution >= 0.6 is 0 Å². The summed E-state index contributed by atoms with van der Waals surface area (Å²) >= 11 is 0. The molecule has 0 amide bonds. The second-order valence-corrected chi connectivity index (χ2v) is 4.32. The minimum Gasteiger partial charge on any atom is -0.393 e. The van der Waals surface area contributed by atoms with Crippen molar-refractivity contribution in [2.24, 2.45) is 0 Å². The summed E-state index contributed by atoms with van der Waals surface area (Å²) in [7, 11) is 0. The summed E-state index contributed by atoms with van der Waals surface area (Å²) < 4.78 is 0. The van der Waals surface area contributed by atoms with Crippen molar-refractivity contribution in [1.82, 2.24) is 15.2 Å². The average Bonchev–Trinajstić information content (AvgIpc) is 2.39. The van der Waals surface area contributed by atoms with Crippen LogP contribution in [0.1, 0.15) is 12.8 Å². The summed E-state index contributed by atoms with van der Waals surface area (Å²) in [4.78, 5) is 6.57. The summed E-state index contributed by atoms with van der Waals surface area (Å²) in [6.45, 7) is 1.59. The van der Waals surface area contributed by atoms with Crippen molar-refractivity contribution in [3.63, 3.8) is 0 Å². The Morgan fingerprint density at radius 1 is 1.06 bits per heavy atom. The summed E-state index contributed by atoms with van der Waals surface area (Å²) in [5, 5.41) is 17.8. The summed E-state index contributed by atoms with van der Waals surface area (Å²) in [6.07, 6.45) is 1.37. The van der Waals surface area contributed by atoms with E-state index in [1.807, 2.05) is 24.3 Å². The van der Waals surface area contributed by atoms with Gasteiger partial charge in [-0.05, 0) is 25.0 Å². The van der Waals surface area contributed by atoms with Gasteiger partial charge in [0.15, 0.2) is 0 Å². The normalized spacial score (nSPS) is 17.6. The highest BCUT2D eigenvalue weighted by Crippen LogP contribution is 2.17. The maximum absolute atomic E-state index is 9.46. The van der Waals surface area contributed by atoms with Crippen LogP contribution in [0.2, 0.25) is 0 Å². The van der Waals surface area contributed by atoms with Crippen molar-refractivity contribution in [3.05, 3.63) is 24.3 Å². The van der Waals surface area contributed by atoms with E-state index in [2.05, 4.69) is 20.1 Å². The Morgan fingerprint density at radius 3 is 2.53 bits per heavy atom. The Hall–Kier alpha value is -1.75. The van der Waals surface area contributed by atoms with Gasteiger partial charge in [0.05, 0.1) is 11.6 Å². The van der Waals surface area contributed by atoms with E-state index < -0.39 is 0 Å². The van der Waals surface area contributed by atoms with Gasteiger partial charge in [-0.3, -0.25) is 0 Å². The van der Waals surface area contributed by atoms with E-state index in [4.69, 9.17) is 0 Å². The van der Waals surface area contributed by atoms with Gasteiger partial charge in [-0.1, -0.05) is 12.1 Å². The SMILES string of the molecule is OC1CCN(c2nnc3ccccc3n2)CC1. The minimum absolute atomic E-state index is 0.181. The maximum atomic E-state index is 9.46. The number of aromatic nitrogens is 3. The zero-order chi connectivity index (χ0) is 11.7. The van der Waals surface area contributed by atoms with Gasteiger partial charge in [-0.25, -0.2) is 4.98 Å². The molecule has 5 heteroatoms. The Balaban J connectivity index is 1.90. The van der Waals surface area contributed by atoms with Crippen molar-refractivity contribution in [2.75, 3.05) is 18.0 Å². The van der Waals surface area contributed by atoms with Crippen LogP contribution in [-0.2, 0) is 0 Å². The molecule has 3 rings (SSSR count). The van der Waals surface area contributed by atoms with Gasteiger partial charge in [0.1, 0.15) is 5.52 Å². The van der Waals surface area contributed by atoms with Gasteiger partial charge in [0.2, 0.25) is 5.95 Å². The number of benzene rings is 1. The fraction of sp³-hybridized carbons (Fsp3) is 0.417. The van der Waals surface area contributed by atoms with E-state index in [-0.39, 0.29) is 6.10 Å². The van der Waals surface area contributed by atoms with E-state index in [0.29, 0.717) is 5.95 Å². The quantitative estimate of drug-likeness (QED) is 0.791. The van der Waals surface area contributed by atoms with Crippen LogP contribution in [0.15, 0.2) is 24.3 Å². The number of fused-ring (bicyclic) bond motifs is 1. The number of piperidine rings is 1. The molecule has 0 unspecified atom stereocenters. The van der Waals surface area contributed by atoms with Gasteiger partial charge < -0.3 is 10.0 Å². The fourth-order valence-electron chi connectivity index (χ4n) is 2.07. The number of rotatable bonds is 1. The monoisotopic (exact) mass is 230 g/mol. The maximum Gasteiger partial charge on any atom is 0.245 e. The topological polar surface area (TPSA) is 62.1 Å². The standard InChI is InChI=1S/C12H14N4O/c17-9-5-7-16(8-6-9)12-13-10-3-1-2-4-11(10)14-15-12/h1-4,9,17H,5-8H2. The molecular weight excluding hydrogens is 216 g/mol. The number of para-hydroxylation sites is 1. The predicted molar refractivity (Wildman–Crippen MR) is 64.8 cm³/mol. The third-order valence-electron chi connectivity index (χ3n) is 3.10. The van der Waals surface area contributed by atoms with Crippen LogP contribution in [-0.4, -0.2) is 39.5 Å². The van der Waals surface area contributed by atoms with E-state index >= 15 is 0 Å². The molecule has 1 aromatic heterocycles. The number of anilines is 1. The summed E-state index contributed by atoms with van der Waals surface area (Å²) in [6, 6.07) is 7.71. The van der Waals surface area contributed by atoms with Crippen LogP contribution in [0.25, 0.3) is 11.0 Å². The smallest absolute Gasteiger partial charge is 0.245 e. The Morgan fingerprint density at radius 2 is 1.76 bits per heavy atom. The lowest BCUT2D eigenvalue weighted by Crippen LogP contribution is -2.37. The number of aliphatic hydroxyl groups is 1. The average molecular weight is 230 g/mol. The molecule has 1 aliphatic heterocycles. The van der Waals surface area contributed by atoms with E-state index in [9.17, 15) is 5.11 Å². The third-order valence-corrected chi connectivity index (χ3v) is 3.10. The largest absolute Gasteiger partial charge is 0.393 e. The number of nitrogens with zero attached hydrogens (tertiary/aromatic N) is 4. The molecule has 17 heavy (non-hydrogen) atoms. The molecule has 0 atom stereocenters. The lowest BCUT2D eigenvalue weighted by Gasteiger charge is -2.29. The molecule has 2 aromatic rings. The number of aliphatic hydroxyl groups excluding tert-OH is 1. The lowest BCUT2D eigenvalue weighted by atomic mass is 10.1. The van der Waals surface area contributed by atoms with Crippen molar-refractivity contribution in [2.45, 2.75) is 18.9 Å². The highest BCUT2D eigenvalue weighted by Gasteiger charge is 2.19. The van der Waals surface area contributed by atoms with Gasteiger partial charge in [0, 0.05) is 13.1 Å². The second kappa shape index (κ2) is 4.25. The Bertz CT molecular complexity index is 523. The van der Waals surface area contributed by atoms with Crippen molar-refractivity contribution < 1.29 is 5.11 Å². The lowest BCUT2D eigenvalue weighted by molar-refractivity contribution is 0.145. The third kappa shape index (κ3) is 2.06. The highest BCUT2D eigenvalue weighted by molar-refractivity contribution is 5.74. The Kier molecular flexibility index (Phi) is 2.60. The number of hydrogen-bond acceptors (Lipinski definition) is 5. The molecule has 2 heterocycles. The molecular formula is C12H14N4O. The molecule has 88 valence electrons. The number of hydrogen-bond donors (Lipinski definition) is 1. The first kappa shape index (κ1) is 10.4. The molecule has 1 N–H and O–H groups in total. The predicted octanol–water partition coefficient (Wildman–Crippen LogP) is 0.986. The van der Waals surface area contributed by atoms with Crippen molar-refractivity contribution in [1.29, 1.82) is 0 Å². The molecule has 1 fully saturated rings. The first-order valence-corrected chi connectivity index (χ1v) is 5.85. The molecule has 1 aromatic carbocycles. The molecule has 1 aliphatic rings. The highest BCUT2D eigenvalue weighted by atomic mass is 16.3. The van der Waals surface area contributed by atoms with E-state index in [0.717, 1.165) is 37.0 Å².